The number of rotatable bonds is 13. The van der Waals surface area contributed by atoms with Gasteiger partial charge in [-0.25, -0.2) is 4.39 Å². The van der Waals surface area contributed by atoms with E-state index in [2.05, 4.69) is 0 Å². The van der Waals surface area contributed by atoms with Crippen molar-refractivity contribution in [2.75, 3.05) is 27.2 Å². The Morgan fingerprint density at radius 1 is 0.489 bits per heavy atom. The van der Waals surface area contributed by atoms with Crippen molar-refractivity contribution in [3.8, 4) is 0 Å². The molecule has 0 fully saturated rings. The molecule has 1 amide bonds. The van der Waals surface area contributed by atoms with Gasteiger partial charge in [0.2, 0.25) is 0 Å². The van der Waals surface area contributed by atoms with Gasteiger partial charge in [0.05, 0.1) is 0 Å². The fourth-order valence-electron chi connectivity index (χ4n) is 2.85. The summed E-state index contributed by atoms with van der Waals surface area (Å²) >= 11 is 0. The maximum absolute atomic E-state index is 14.9. The maximum atomic E-state index is 14.9. The number of carbonyl (C=O) groups is 1. The highest BCUT2D eigenvalue weighted by Crippen LogP contribution is 2.64. The van der Waals surface area contributed by atoms with Gasteiger partial charge in [-0.2, -0.15) is 101 Å². The van der Waals surface area contributed by atoms with Crippen LogP contribution in [0.3, 0.4) is 0 Å². The van der Waals surface area contributed by atoms with E-state index in [1.165, 1.54) is 0 Å². The fourth-order valence-corrected chi connectivity index (χ4v) is 2.85. The Labute approximate surface area is 232 Å². The van der Waals surface area contributed by atoms with Crippen LogP contribution in [-0.4, -0.2) is 109 Å². The van der Waals surface area contributed by atoms with Gasteiger partial charge in [0.1, 0.15) is 0 Å². The van der Waals surface area contributed by atoms with Crippen LogP contribution in [0.15, 0.2) is 0 Å². The van der Waals surface area contributed by atoms with Crippen molar-refractivity contribution >= 4 is 5.91 Å². The Hall–Kier alpha value is -2.29. The van der Waals surface area contributed by atoms with E-state index < -0.39 is 96.3 Å². The molecule has 1 N–H and O–H groups in total. The van der Waals surface area contributed by atoms with Crippen molar-refractivity contribution < 1.29 is 110 Å². The van der Waals surface area contributed by atoms with E-state index in [1.807, 2.05) is 0 Å². The highest BCUT2D eigenvalue weighted by molar-refractivity contribution is 5.87. The summed E-state index contributed by atoms with van der Waals surface area (Å²) in [5.74, 6) is -40.7. The molecule has 1 atom stereocenters. The van der Waals surface area contributed by atoms with Crippen LogP contribution in [0, 0.1) is 0 Å². The molecule has 270 valence electrons. The second kappa shape index (κ2) is 11.7. The predicted octanol–water partition coefficient (Wildman–Crippen LogP) is 7.07. The number of nitrogens with one attached hydrogen (secondary N) is 1. The van der Waals surface area contributed by atoms with Gasteiger partial charge in [0, 0.05) is 6.54 Å². The Bertz CT molecular complexity index is 993. The normalized spacial score (nSPS) is 17.2. The van der Waals surface area contributed by atoms with Gasteiger partial charge in [0.25, 0.3) is 5.91 Å². The highest BCUT2D eigenvalue weighted by Gasteiger charge is 2.95. The average molecular weight is 731 g/mol. The van der Waals surface area contributed by atoms with Crippen molar-refractivity contribution in [3.05, 3.63) is 0 Å². The maximum Gasteiger partial charge on any atom is 0.460 e. The summed E-state index contributed by atoms with van der Waals surface area (Å²) in [7, 11) is 2.25. The summed E-state index contributed by atoms with van der Waals surface area (Å²) in [5.41, 5.74) is -8.24. The minimum atomic E-state index is -9.56. The zero-order valence-electron chi connectivity index (χ0n) is 21.0. The van der Waals surface area contributed by atoms with Gasteiger partial charge < -0.3 is 10.2 Å². The summed E-state index contributed by atoms with van der Waals surface area (Å²) < 4.78 is 325. The third-order valence-corrected chi connectivity index (χ3v) is 5.28. The molecular weight excluding hydrogens is 718 g/mol. The molecule has 0 aromatic carbocycles. The van der Waals surface area contributed by atoms with Crippen LogP contribution in [0.2, 0.25) is 0 Å². The number of amides is 1. The Kier molecular flexibility index (Phi) is 11.1. The number of halogens is 24. The van der Waals surface area contributed by atoms with Crippen LogP contribution in [-0.2, 0) is 4.79 Å². The summed E-state index contributed by atoms with van der Waals surface area (Å²) in [6.45, 7) is -2.06. The molecule has 0 aliphatic heterocycles. The summed E-state index contributed by atoms with van der Waals surface area (Å²) in [6, 6.07) is -28.3. The first-order valence-electron chi connectivity index (χ1n) is 10.5. The second-order valence-electron chi connectivity index (χ2n) is 8.82. The van der Waals surface area contributed by atoms with Crippen molar-refractivity contribution in [2.24, 2.45) is 0 Å². The van der Waals surface area contributed by atoms with Crippen LogP contribution in [0.5, 0.6) is 0 Å². The van der Waals surface area contributed by atoms with E-state index in [4.69, 9.17) is 0 Å². The van der Waals surface area contributed by atoms with Crippen molar-refractivity contribution in [1.82, 2.24) is 15.1 Å². The van der Waals surface area contributed by atoms with Gasteiger partial charge >= 0.3 is 66.0 Å². The van der Waals surface area contributed by atoms with E-state index in [1.54, 1.807) is 0 Å². The number of alkyl halides is 24. The van der Waals surface area contributed by atoms with Gasteiger partial charge in [-0.05, 0) is 27.1 Å². The molecule has 4 nitrogen and oxygen atoms in total. The Morgan fingerprint density at radius 2 is 0.800 bits per heavy atom. The van der Waals surface area contributed by atoms with Crippen LogP contribution < -0.4 is 5.32 Å². The molecule has 45 heavy (non-hydrogen) atoms. The topological polar surface area (TPSA) is 35.6 Å². The Morgan fingerprint density at radius 3 is 1.04 bits per heavy atom. The standard InChI is InChI=1S/C17H13F24N3O/c1-43(2)5-3-4-42-6(45)7(18,12(27,28)29)15(36,37)44(16(38,39)10(23,24)8(19,20)13(30,31)32)17(40,41)11(25,26)9(21,22)14(33,34)35/h3-5H2,1-2H3,(H,42,45). The molecule has 0 aromatic heterocycles. The molecule has 0 saturated carbocycles. The van der Waals surface area contributed by atoms with Crippen LogP contribution in [0.1, 0.15) is 6.42 Å². The van der Waals surface area contributed by atoms with Gasteiger partial charge in [-0.1, -0.05) is 0 Å². The molecule has 0 saturated heterocycles. The molecule has 0 aliphatic carbocycles. The van der Waals surface area contributed by atoms with Crippen LogP contribution in [0.25, 0.3) is 0 Å². The first-order chi connectivity index (χ1) is 19.2. The SMILES string of the molecule is CN(C)CCCNC(=O)C(F)(C(F)(F)F)C(F)(F)N(C(F)(F)C(F)(F)C(F)(F)C(F)(F)F)C(F)(F)C(F)(F)C(F)(F)C(F)(F)F. The van der Waals surface area contributed by atoms with E-state index in [-0.39, 0.29) is 0 Å². The monoisotopic (exact) mass is 731 g/mol. The van der Waals surface area contributed by atoms with E-state index in [0.717, 1.165) is 19.0 Å². The molecule has 0 heterocycles. The highest BCUT2D eigenvalue weighted by atomic mass is 19.4. The predicted molar refractivity (Wildman–Crippen MR) is 94.7 cm³/mol. The lowest BCUT2D eigenvalue weighted by Crippen LogP contribution is -2.82. The second-order valence-corrected chi connectivity index (χ2v) is 8.82. The lowest BCUT2D eigenvalue weighted by molar-refractivity contribution is -0.514. The molecule has 1 unspecified atom stereocenters. The van der Waals surface area contributed by atoms with Gasteiger partial charge in [0.15, 0.2) is 0 Å². The molecule has 0 bridgehead atoms. The fraction of sp³-hybridized carbons (Fsp3) is 0.941. The third-order valence-electron chi connectivity index (χ3n) is 5.28. The van der Waals surface area contributed by atoms with E-state index in [9.17, 15) is 110 Å². The van der Waals surface area contributed by atoms with Gasteiger partial charge in [-0.15, -0.1) is 4.90 Å². The average Bonchev–Trinajstić information content (AvgIpc) is 2.77. The number of hydrogen-bond donors (Lipinski definition) is 1. The minimum absolute atomic E-state index is 0.347. The number of carbonyl (C=O) groups excluding carboxylic acids is 1. The molecule has 0 rings (SSSR count). The lowest BCUT2D eigenvalue weighted by atomic mass is 9.95. The summed E-state index contributed by atoms with van der Waals surface area (Å²) in [5, 5.41) is 0.347. The van der Waals surface area contributed by atoms with E-state index in [0.29, 0.717) is 5.32 Å². The van der Waals surface area contributed by atoms with Crippen molar-refractivity contribution in [2.45, 2.75) is 72.4 Å². The van der Waals surface area contributed by atoms with Crippen molar-refractivity contribution in [1.29, 1.82) is 0 Å². The number of hydrogen-bond acceptors (Lipinski definition) is 3. The zero-order valence-corrected chi connectivity index (χ0v) is 21.0. The first-order valence-corrected chi connectivity index (χ1v) is 10.5. The molecule has 28 heteroatoms. The summed E-state index contributed by atoms with van der Waals surface area (Å²) in [4.78, 5) is 7.05. The molecule has 0 radical (unpaired) electrons. The quantitative estimate of drug-likeness (QED) is 0.125. The van der Waals surface area contributed by atoms with E-state index >= 15 is 0 Å². The molecular formula is C17H13F24N3O. The lowest BCUT2D eigenvalue weighted by Gasteiger charge is -2.50. The smallest absolute Gasteiger partial charge is 0.353 e. The van der Waals surface area contributed by atoms with Gasteiger partial charge in [-0.3, -0.25) is 4.79 Å². The molecule has 0 spiro atoms. The molecule has 0 aliphatic rings. The first kappa shape index (κ1) is 42.7. The zero-order chi connectivity index (χ0) is 37.1. The van der Waals surface area contributed by atoms with Crippen LogP contribution >= 0.6 is 0 Å². The largest absolute Gasteiger partial charge is 0.460 e. The van der Waals surface area contributed by atoms with Crippen molar-refractivity contribution in [3.63, 3.8) is 0 Å². The summed E-state index contributed by atoms with van der Waals surface area (Å²) in [6.07, 6.45) is -25.7. The number of nitrogens with zero attached hydrogens (tertiary/aromatic N) is 2. The third kappa shape index (κ3) is 6.48. The Balaban J connectivity index is 8.16. The van der Waals surface area contributed by atoms with Crippen LogP contribution in [0.4, 0.5) is 105 Å². The minimum Gasteiger partial charge on any atom is -0.353 e. The molecule has 0 aromatic rings.